The van der Waals surface area contributed by atoms with Crippen molar-refractivity contribution in [3.63, 3.8) is 0 Å². The van der Waals surface area contributed by atoms with Crippen LogP contribution in [0.1, 0.15) is 22.8 Å². The lowest BCUT2D eigenvalue weighted by Crippen LogP contribution is -2.57. The van der Waals surface area contributed by atoms with Gasteiger partial charge in [-0.15, -0.1) is 0 Å². The number of fused-ring (bicyclic) bond motifs is 1. The molecule has 1 aliphatic heterocycles. The number of carbonyl (C=O) groups is 2. The molecule has 4 heteroatoms. The van der Waals surface area contributed by atoms with Gasteiger partial charge in [-0.25, -0.2) is 4.79 Å². The Kier molecular flexibility index (Phi) is 2.42. The Morgan fingerprint density at radius 2 is 2.12 bits per heavy atom. The number of nitrogens with one attached hydrogen (secondary N) is 1. The number of esters is 1. The largest absolute Gasteiger partial charge is 0.467 e. The first-order chi connectivity index (χ1) is 7.57. The third-order valence-corrected chi connectivity index (χ3v) is 2.83. The summed E-state index contributed by atoms with van der Waals surface area (Å²) in [7, 11) is 1.32. The van der Waals surface area contributed by atoms with Crippen molar-refractivity contribution in [2.45, 2.75) is 18.9 Å². The van der Waals surface area contributed by atoms with E-state index in [1.54, 1.807) is 19.1 Å². The summed E-state index contributed by atoms with van der Waals surface area (Å²) >= 11 is 0. The van der Waals surface area contributed by atoms with Crippen molar-refractivity contribution in [2.24, 2.45) is 0 Å². The van der Waals surface area contributed by atoms with Crippen LogP contribution in [0, 0.1) is 0 Å². The van der Waals surface area contributed by atoms with E-state index in [9.17, 15) is 9.59 Å². The number of amides is 1. The minimum Gasteiger partial charge on any atom is -0.467 e. The average molecular weight is 219 g/mol. The first-order valence-electron chi connectivity index (χ1n) is 5.06. The summed E-state index contributed by atoms with van der Waals surface area (Å²) in [5, 5.41) is 2.69. The van der Waals surface area contributed by atoms with Gasteiger partial charge in [-0.05, 0) is 18.6 Å². The standard InChI is InChI=1S/C12H13NO3/c1-12(11(15)16-2)7-8-5-3-4-6-9(8)10(14)13-12/h3-6H,7H2,1-2H3,(H,13,14). The normalized spacial score (nSPS) is 23.2. The van der Waals surface area contributed by atoms with Crippen LogP contribution in [-0.4, -0.2) is 24.5 Å². The molecule has 1 amide bonds. The zero-order valence-corrected chi connectivity index (χ0v) is 9.24. The molecule has 0 bridgehead atoms. The highest BCUT2D eigenvalue weighted by Gasteiger charge is 2.40. The van der Waals surface area contributed by atoms with Crippen LogP contribution in [0.5, 0.6) is 0 Å². The third kappa shape index (κ3) is 1.56. The van der Waals surface area contributed by atoms with Crippen molar-refractivity contribution >= 4 is 11.9 Å². The van der Waals surface area contributed by atoms with Crippen molar-refractivity contribution in [1.29, 1.82) is 0 Å². The lowest BCUT2D eigenvalue weighted by atomic mass is 9.86. The summed E-state index contributed by atoms with van der Waals surface area (Å²) in [6, 6.07) is 7.27. The van der Waals surface area contributed by atoms with E-state index in [2.05, 4.69) is 5.32 Å². The van der Waals surface area contributed by atoms with Crippen molar-refractivity contribution in [1.82, 2.24) is 5.32 Å². The monoisotopic (exact) mass is 219 g/mol. The van der Waals surface area contributed by atoms with Gasteiger partial charge in [0.2, 0.25) is 0 Å². The molecule has 1 aliphatic rings. The Morgan fingerprint density at radius 3 is 2.81 bits per heavy atom. The van der Waals surface area contributed by atoms with E-state index in [-0.39, 0.29) is 5.91 Å². The second-order valence-corrected chi connectivity index (χ2v) is 4.11. The number of rotatable bonds is 1. The molecule has 1 aromatic carbocycles. The zero-order valence-electron chi connectivity index (χ0n) is 9.24. The van der Waals surface area contributed by atoms with Crippen LogP contribution >= 0.6 is 0 Å². The highest BCUT2D eigenvalue weighted by Crippen LogP contribution is 2.23. The lowest BCUT2D eigenvalue weighted by molar-refractivity contribution is -0.147. The smallest absolute Gasteiger partial charge is 0.331 e. The van der Waals surface area contributed by atoms with Crippen molar-refractivity contribution in [3.05, 3.63) is 35.4 Å². The molecule has 2 rings (SSSR count). The molecule has 0 radical (unpaired) electrons. The molecule has 1 N–H and O–H groups in total. The fourth-order valence-electron chi connectivity index (χ4n) is 1.99. The minimum absolute atomic E-state index is 0.227. The van der Waals surface area contributed by atoms with Crippen LogP contribution in [0.15, 0.2) is 24.3 Å². The van der Waals surface area contributed by atoms with Gasteiger partial charge in [0, 0.05) is 12.0 Å². The number of methoxy groups -OCH3 is 1. The zero-order chi connectivity index (χ0) is 11.8. The van der Waals surface area contributed by atoms with Gasteiger partial charge in [0.15, 0.2) is 0 Å². The summed E-state index contributed by atoms with van der Waals surface area (Å²) in [4.78, 5) is 23.4. The molecule has 84 valence electrons. The molecule has 1 aromatic rings. The van der Waals surface area contributed by atoms with E-state index in [0.717, 1.165) is 5.56 Å². The third-order valence-electron chi connectivity index (χ3n) is 2.83. The maximum absolute atomic E-state index is 11.8. The van der Waals surface area contributed by atoms with Gasteiger partial charge in [0.1, 0.15) is 5.54 Å². The number of benzene rings is 1. The second-order valence-electron chi connectivity index (χ2n) is 4.11. The van der Waals surface area contributed by atoms with E-state index in [1.165, 1.54) is 7.11 Å². The fraction of sp³-hybridized carbons (Fsp3) is 0.333. The van der Waals surface area contributed by atoms with E-state index in [0.29, 0.717) is 12.0 Å². The van der Waals surface area contributed by atoms with Crippen LogP contribution in [0.3, 0.4) is 0 Å². The maximum Gasteiger partial charge on any atom is 0.331 e. The highest BCUT2D eigenvalue weighted by molar-refractivity contribution is 6.01. The molecule has 1 unspecified atom stereocenters. The molecule has 1 heterocycles. The summed E-state index contributed by atoms with van der Waals surface area (Å²) in [5.74, 6) is -0.648. The van der Waals surface area contributed by atoms with E-state index in [1.807, 2.05) is 12.1 Å². The first kappa shape index (κ1) is 10.7. The number of ether oxygens (including phenoxy) is 1. The summed E-state index contributed by atoms with van der Waals surface area (Å²) in [6.07, 6.45) is 0.460. The number of carbonyl (C=O) groups excluding carboxylic acids is 2. The average Bonchev–Trinajstić information content (AvgIpc) is 2.27. The van der Waals surface area contributed by atoms with Crippen LogP contribution in [-0.2, 0) is 16.0 Å². The maximum atomic E-state index is 11.8. The van der Waals surface area contributed by atoms with Gasteiger partial charge < -0.3 is 10.1 Å². The molecular formula is C12H13NO3. The number of hydrogen-bond donors (Lipinski definition) is 1. The lowest BCUT2D eigenvalue weighted by Gasteiger charge is -2.32. The highest BCUT2D eigenvalue weighted by atomic mass is 16.5. The molecule has 0 aromatic heterocycles. The van der Waals surface area contributed by atoms with Gasteiger partial charge in [-0.2, -0.15) is 0 Å². The summed E-state index contributed by atoms with van der Waals surface area (Å²) in [5.41, 5.74) is 0.545. The Hall–Kier alpha value is -1.84. The van der Waals surface area contributed by atoms with E-state index < -0.39 is 11.5 Å². The quantitative estimate of drug-likeness (QED) is 0.714. The van der Waals surface area contributed by atoms with Crippen molar-refractivity contribution in [3.8, 4) is 0 Å². The van der Waals surface area contributed by atoms with Crippen LogP contribution in [0.4, 0.5) is 0 Å². The summed E-state index contributed by atoms with van der Waals surface area (Å²) in [6.45, 7) is 1.67. The molecule has 1 atom stereocenters. The van der Waals surface area contributed by atoms with Crippen LogP contribution in [0.25, 0.3) is 0 Å². The van der Waals surface area contributed by atoms with Gasteiger partial charge in [0.25, 0.3) is 5.91 Å². The predicted octanol–water partition coefficient (Wildman–Crippen LogP) is 0.904. The topological polar surface area (TPSA) is 55.4 Å². The van der Waals surface area contributed by atoms with E-state index >= 15 is 0 Å². The summed E-state index contributed by atoms with van der Waals surface area (Å²) < 4.78 is 4.70. The Balaban J connectivity index is 2.41. The molecule has 0 spiro atoms. The van der Waals surface area contributed by atoms with Crippen LogP contribution in [0.2, 0.25) is 0 Å². The van der Waals surface area contributed by atoms with Gasteiger partial charge in [0.05, 0.1) is 7.11 Å². The Morgan fingerprint density at radius 1 is 1.44 bits per heavy atom. The SMILES string of the molecule is COC(=O)C1(C)Cc2ccccc2C(=O)N1. The Bertz CT molecular complexity index is 455. The van der Waals surface area contributed by atoms with Crippen LogP contribution < -0.4 is 5.32 Å². The fourth-order valence-corrected chi connectivity index (χ4v) is 1.99. The molecule has 0 saturated heterocycles. The second kappa shape index (κ2) is 3.63. The molecule has 16 heavy (non-hydrogen) atoms. The van der Waals surface area contributed by atoms with E-state index in [4.69, 9.17) is 4.74 Å². The van der Waals surface area contributed by atoms with Gasteiger partial charge in [-0.3, -0.25) is 4.79 Å². The number of hydrogen-bond acceptors (Lipinski definition) is 3. The molecule has 4 nitrogen and oxygen atoms in total. The molecule has 0 fully saturated rings. The van der Waals surface area contributed by atoms with Crippen molar-refractivity contribution in [2.75, 3.05) is 7.11 Å². The molecule has 0 aliphatic carbocycles. The van der Waals surface area contributed by atoms with Gasteiger partial charge >= 0.3 is 5.97 Å². The van der Waals surface area contributed by atoms with Gasteiger partial charge in [-0.1, -0.05) is 18.2 Å². The predicted molar refractivity (Wildman–Crippen MR) is 58.0 cm³/mol. The minimum atomic E-state index is -0.958. The molecular weight excluding hydrogens is 206 g/mol. The van der Waals surface area contributed by atoms with Crippen molar-refractivity contribution < 1.29 is 14.3 Å². The molecule has 0 saturated carbocycles. The first-order valence-corrected chi connectivity index (χ1v) is 5.06. The Labute approximate surface area is 93.6 Å².